The van der Waals surface area contributed by atoms with Crippen LogP contribution in [-0.4, -0.2) is 9.97 Å². The number of nitrogens with one attached hydrogen (secondary N) is 2. The highest BCUT2D eigenvalue weighted by Gasteiger charge is 2.03. The average molecular weight is 248 g/mol. The Bertz CT molecular complexity index is 597. The van der Waals surface area contributed by atoms with Gasteiger partial charge in [-0.3, -0.25) is 4.79 Å². The number of nitrogens with two attached hydrogens (primary N) is 1. The van der Waals surface area contributed by atoms with Gasteiger partial charge in [-0.05, 0) is 11.6 Å². The summed E-state index contributed by atoms with van der Waals surface area (Å²) < 4.78 is 13.6. The summed E-state index contributed by atoms with van der Waals surface area (Å²) in [7, 11) is 0. The van der Waals surface area contributed by atoms with E-state index < -0.39 is 0 Å². The molecule has 1 heterocycles. The molecule has 0 saturated heterocycles. The third-order valence-electron chi connectivity index (χ3n) is 2.49. The number of benzene rings is 1. The topological polar surface area (TPSA) is 83.8 Å². The summed E-state index contributed by atoms with van der Waals surface area (Å²) in [6, 6.07) is 6.15. The van der Waals surface area contributed by atoms with Crippen molar-refractivity contribution in [2.75, 3.05) is 5.32 Å². The second-order valence-corrected chi connectivity index (χ2v) is 3.78. The Morgan fingerprint density at radius 1 is 1.39 bits per heavy atom. The Balaban J connectivity index is 2.08. The Kier molecular flexibility index (Phi) is 3.69. The van der Waals surface area contributed by atoms with Crippen molar-refractivity contribution in [2.24, 2.45) is 5.73 Å². The van der Waals surface area contributed by atoms with Gasteiger partial charge in [0.25, 0.3) is 5.56 Å². The van der Waals surface area contributed by atoms with Gasteiger partial charge in [0.15, 0.2) is 0 Å². The van der Waals surface area contributed by atoms with Gasteiger partial charge in [0, 0.05) is 24.7 Å². The molecule has 0 aliphatic carbocycles. The first kappa shape index (κ1) is 12.3. The van der Waals surface area contributed by atoms with Gasteiger partial charge < -0.3 is 16.0 Å². The molecule has 4 N–H and O–H groups in total. The SMILES string of the molecule is NCc1ccc(CNc2cc(=O)[nH]cn2)c(F)c1. The molecule has 0 atom stereocenters. The molecule has 0 fully saturated rings. The monoisotopic (exact) mass is 248 g/mol. The van der Waals surface area contributed by atoms with E-state index in [0.717, 1.165) is 5.56 Å². The molecule has 0 unspecified atom stereocenters. The van der Waals surface area contributed by atoms with Crippen molar-refractivity contribution in [3.05, 3.63) is 57.9 Å². The van der Waals surface area contributed by atoms with Gasteiger partial charge in [-0.15, -0.1) is 0 Å². The van der Waals surface area contributed by atoms with Gasteiger partial charge >= 0.3 is 0 Å². The number of aromatic nitrogens is 2. The fraction of sp³-hybridized carbons (Fsp3) is 0.167. The molecule has 2 aromatic rings. The van der Waals surface area contributed by atoms with Crippen molar-refractivity contribution in [2.45, 2.75) is 13.1 Å². The summed E-state index contributed by atoms with van der Waals surface area (Å²) in [4.78, 5) is 17.3. The Labute approximate surface area is 103 Å². The molecule has 0 aliphatic heterocycles. The minimum Gasteiger partial charge on any atom is -0.366 e. The highest BCUT2D eigenvalue weighted by molar-refractivity contribution is 5.34. The average Bonchev–Trinajstić information content (AvgIpc) is 2.37. The maximum absolute atomic E-state index is 13.6. The Morgan fingerprint density at radius 2 is 2.22 bits per heavy atom. The molecule has 1 aromatic heterocycles. The van der Waals surface area contributed by atoms with Crippen LogP contribution in [0.1, 0.15) is 11.1 Å². The number of aromatic amines is 1. The zero-order chi connectivity index (χ0) is 13.0. The van der Waals surface area contributed by atoms with E-state index in [4.69, 9.17) is 5.73 Å². The summed E-state index contributed by atoms with van der Waals surface area (Å²) in [5.41, 5.74) is 6.40. The van der Waals surface area contributed by atoms with E-state index in [1.807, 2.05) is 0 Å². The second kappa shape index (κ2) is 5.42. The molecule has 94 valence electrons. The molecule has 0 radical (unpaired) electrons. The largest absolute Gasteiger partial charge is 0.366 e. The van der Waals surface area contributed by atoms with E-state index in [9.17, 15) is 9.18 Å². The van der Waals surface area contributed by atoms with Crippen LogP contribution in [0, 0.1) is 5.82 Å². The molecule has 0 bridgehead atoms. The maximum Gasteiger partial charge on any atom is 0.252 e. The Morgan fingerprint density at radius 3 is 2.89 bits per heavy atom. The minimum atomic E-state index is -0.324. The van der Waals surface area contributed by atoms with Crippen molar-refractivity contribution < 1.29 is 4.39 Å². The lowest BCUT2D eigenvalue weighted by Gasteiger charge is -2.07. The van der Waals surface area contributed by atoms with Crippen LogP contribution < -0.4 is 16.6 Å². The lowest BCUT2D eigenvalue weighted by Crippen LogP contribution is -2.10. The molecule has 1 aromatic carbocycles. The van der Waals surface area contributed by atoms with Crippen LogP contribution >= 0.6 is 0 Å². The van der Waals surface area contributed by atoms with Crippen LogP contribution in [0.15, 0.2) is 35.4 Å². The fourth-order valence-corrected chi connectivity index (χ4v) is 1.51. The third-order valence-corrected chi connectivity index (χ3v) is 2.49. The molecule has 2 rings (SSSR count). The van der Waals surface area contributed by atoms with E-state index in [2.05, 4.69) is 15.3 Å². The fourth-order valence-electron chi connectivity index (χ4n) is 1.51. The molecule has 0 spiro atoms. The minimum absolute atomic E-state index is 0.257. The summed E-state index contributed by atoms with van der Waals surface area (Å²) >= 11 is 0. The number of anilines is 1. The summed E-state index contributed by atoms with van der Waals surface area (Å²) in [5, 5.41) is 2.88. The third kappa shape index (κ3) is 2.92. The van der Waals surface area contributed by atoms with Gasteiger partial charge in [0.2, 0.25) is 0 Å². The van der Waals surface area contributed by atoms with E-state index >= 15 is 0 Å². The molecule has 6 heteroatoms. The highest BCUT2D eigenvalue weighted by atomic mass is 19.1. The van der Waals surface area contributed by atoms with Crippen molar-refractivity contribution in [3.8, 4) is 0 Å². The van der Waals surface area contributed by atoms with Gasteiger partial charge in [0.1, 0.15) is 11.6 Å². The quantitative estimate of drug-likeness (QED) is 0.753. The predicted molar refractivity (Wildman–Crippen MR) is 66.5 cm³/mol. The number of rotatable bonds is 4. The molecular weight excluding hydrogens is 235 g/mol. The highest BCUT2D eigenvalue weighted by Crippen LogP contribution is 2.11. The van der Waals surface area contributed by atoms with Crippen LogP contribution in [0.3, 0.4) is 0 Å². The zero-order valence-corrected chi connectivity index (χ0v) is 9.61. The van der Waals surface area contributed by atoms with E-state index in [0.29, 0.717) is 17.9 Å². The van der Waals surface area contributed by atoms with Gasteiger partial charge in [0.05, 0.1) is 6.33 Å². The summed E-state index contributed by atoms with van der Waals surface area (Å²) in [6.07, 6.45) is 1.29. The molecule has 18 heavy (non-hydrogen) atoms. The lowest BCUT2D eigenvalue weighted by molar-refractivity contribution is 0.610. The Hall–Kier alpha value is -2.21. The molecule has 5 nitrogen and oxygen atoms in total. The van der Waals surface area contributed by atoms with Crippen molar-refractivity contribution in [3.63, 3.8) is 0 Å². The van der Waals surface area contributed by atoms with Crippen molar-refractivity contribution >= 4 is 5.82 Å². The van der Waals surface area contributed by atoms with Gasteiger partial charge in [-0.25, -0.2) is 9.37 Å². The smallest absolute Gasteiger partial charge is 0.252 e. The maximum atomic E-state index is 13.6. The van der Waals surface area contributed by atoms with Crippen LogP contribution in [0.4, 0.5) is 10.2 Å². The van der Waals surface area contributed by atoms with E-state index in [1.165, 1.54) is 18.5 Å². The van der Waals surface area contributed by atoms with E-state index in [1.54, 1.807) is 12.1 Å². The molecule has 0 amide bonds. The zero-order valence-electron chi connectivity index (χ0n) is 9.61. The first-order valence-electron chi connectivity index (χ1n) is 5.45. The predicted octanol–water partition coefficient (Wildman–Crippen LogP) is 0.980. The summed E-state index contributed by atoms with van der Waals surface area (Å²) in [6.45, 7) is 0.563. The van der Waals surface area contributed by atoms with Crippen molar-refractivity contribution in [1.29, 1.82) is 0 Å². The molecule has 0 aliphatic rings. The van der Waals surface area contributed by atoms with Crippen LogP contribution in [0.2, 0.25) is 0 Å². The molecule has 0 saturated carbocycles. The first-order valence-corrected chi connectivity index (χ1v) is 5.45. The lowest BCUT2D eigenvalue weighted by atomic mass is 10.1. The van der Waals surface area contributed by atoms with Crippen LogP contribution in [0.5, 0.6) is 0 Å². The molecular formula is C12H13FN4O. The normalized spacial score (nSPS) is 10.3. The number of H-pyrrole nitrogens is 1. The van der Waals surface area contributed by atoms with Gasteiger partial charge in [-0.2, -0.15) is 0 Å². The van der Waals surface area contributed by atoms with Gasteiger partial charge in [-0.1, -0.05) is 12.1 Å². The van der Waals surface area contributed by atoms with Crippen LogP contribution in [0.25, 0.3) is 0 Å². The van der Waals surface area contributed by atoms with E-state index in [-0.39, 0.29) is 17.9 Å². The number of nitrogens with zero attached hydrogens (tertiary/aromatic N) is 1. The van der Waals surface area contributed by atoms with Crippen molar-refractivity contribution in [1.82, 2.24) is 9.97 Å². The number of halogens is 1. The standard InChI is InChI=1S/C12H13FN4O/c13-10-3-8(5-14)1-2-9(10)6-15-11-4-12(18)17-7-16-11/h1-4,7H,5-6,14H2,(H2,15,16,17,18). The number of hydrogen-bond donors (Lipinski definition) is 3. The second-order valence-electron chi connectivity index (χ2n) is 3.78. The van der Waals surface area contributed by atoms with Crippen LogP contribution in [-0.2, 0) is 13.1 Å². The first-order chi connectivity index (χ1) is 8.69. The summed E-state index contributed by atoms with van der Waals surface area (Å²) in [5.74, 6) is 0.0799. The number of hydrogen-bond acceptors (Lipinski definition) is 4.